The molecule has 0 spiro atoms. The van der Waals surface area contributed by atoms with E-state index in [-0.39, 0.29) is 5.37 Å². The lowest BCUT2D eigenvalue weighted by Crippen LogP contribution is -2.27. The fourth-order valence-corrected chi connectivity index (χ4v) is 1.92. The maximum atomic E-state index is 10.8. The van der Waals surface area contributed by atoms with Crippen LogP contribution in [-0.4, -0.2) is 23.4 Å². The number of carbonyl (C=O) groups excluding carboxylic acids is 1. The third-order valence-corrected chi connectivity index (χ3v) is 2.91. The summed E-state index contributed by atoms with van der Waals surface area (Å²) in [7, 11) is 0. The first kappa shape index (κ1) is 9.85. The van der Waals surface area contributed by atoms with Gasteiger partial charge in [-0.15, -0.1) is 0 Å². The number of likely N-dealkylation sites (tertiary alicyclic amines) is 1. The molecule has 0 N–H and O–H groups in total. The van der Waals surface area contributed by atoms with Crippen LogP contribution in [0.1, 0.15) is 32.6 Å². The smallest absolute Gasteiger partial charge is 0.316 e. The van der Waals surface area contributed by atoms with Gasteiger partial charge in [-0.3, -0.25) is 4.79 Å². The van der Waals surface area contributed by atoms with E-state index < -0.39 is 0 Å². The highest BCUT2D eigenvalue weighted by molar-refractivity contribution is 6.62. The molecule has 0 radical (unpaired) electrons. The number of halogens is 1. The van der Waals surface area contributed by atoms with Crippen LogP contribution < -0.4 is 0 Å². The highest BCUT2D eigenvalue weighted by Gasteiger charge is 2.17. The summed E-state index contributed by atoms with van der Waals surface area (Å²) in [6.07, 6.45) is 4.70. The highest BCUT2D eigenvalue weighted by atomic mass is 35.5. The predicted molar refractivity (Wildman–Crippen MR) is 50.5 cm³/mol. The standard InChI is InChI=1S/C9H16ClNO/c1-2-8-4-3-6-11(7-5-8)9(10)12/h8H,2-7H2,1H3. The molecule has 1 amide bonds. The van der Waals surface area contributed by atoms with Crippen LogP contribution in [-0.2, 0) is 0 Å². The molecule has 0 aromatic heterocycles. The molecule has 1 aliphatic heterocycles. The van der Waals surface area contributed by atoms with Crippen molar-refractivity contribution in [3.63, 3.8) is 0 Å². The van der Waals surface area contributed by atoms with E-state index in [2.05, 4.69) is 6.92 Å². The van der Waals surface area contributed by atoms with Crippen LogP contribution in [0.5, 0.6) is 0 Å². The van der Waals surface area contributed by atoms with Gasteiger partial charge in [0.2, 0.25) is 0 Å². The molecule has 1 saturated heterocycles. The van der Waals surface area contributed by atoms with Gasteiger partial charge in [0.25, 0.3) is 0 Å². The van der Waals surface area contributed by atoms with Crippen LogP contribution in [0, 0.1) is 5.92 Å². The quantitative estimate of drug-likeness (QED) is 0.459. The summed E-state index contributed by atoms with van der Waals surface area (Å²) in [6.45, 7) is 3.91. The van der Waals surface area contributed by atoms with E-state index in [1.54, 1.807) is 4.90 Å². The van der Waals surface area contributed by atoms with E-state index in [1.165, 1.54) is 12.8 Å². The molecule has 2 nitrogen and oxygen atoms in total. The van der Waals surface area contributed by atoms with E-state index >= 15 is 0 Å². The van der Waals surface area contributed by atoms with E-state index in [0.29, 0.717) is 0 Å². The fourth-order valence-electron chi connectivity index (χ4n) is 1.75. The van der Waals surface area contributed by atoms with Gasteiger partial charge in [-0.1, -0.05) is 13.3 Å². The van der Waals surface area contributed by atoms with Gasteiger partial charge >= 0.3 is 5.37 Å². The number of nitrogens with zero attached hydrogens (tertiary/aromatic N) is 1. The molecule has 1 rings (SSSR count). The average molecular weight is 190 g/mol. The molecule has 0 saturated carbocycles. The van der Waals surface area contributed by atoms with Crippen molar-refractivity contribution in [1.82, 2.24) is 4.90 Å². The second kappa shape index (κ2) is 4.70. The number of amides is 1. The molecule has 1 heterocycles. The minimum Gasteiger partial charge on any atom is -0.329 e. The van der Waals surface area contributed by atoms with Crippen molar-refractivity contribution in [1.29, 1.82) is 0 Å². The topological polar surface area (TPSA) is 20.3 Å². The Morgan fingerprint density at radius 2 is 2.25 bits per heavy atom. The van der Waals surface area contributed by atoms with Crippen LogP contribution >= 0.6 is 11.6 Å². The lowest BCUT2D eigenvalue weighted by atomic mass is 9.98. The first-order chi connectivity index (χ1) is 5.74. The Kier molecular flexibility index (Phi) is 3.86. The molecule has 1 unspecified atom stereocenters. The van der Waals surface area contributed by atoms with Gasteiger partial charge in [-0.25, -0.2) is 0 Å². The zero-order chi connectivity index (χ0) is 8.97. The number of rotatable bonds is 1. The third-order valence-electron chi connectivity index (χ3n) is 2.67. The van der Waals surface area contributed by atoms with E-state index in [4.69, 9.17) is 11.6 Å². The Morgan fingerprint density at radius 3 is 2.83 bits per heavy atom. The summed E-state index contributed by atoms with van der Waals surface area (Å²) in [5.74, 6) is 0.797. The molecular formula is C9H16ClNO. The van der Waals surface area contributed by atoms with Crippen molar-refractivity contribution in [3.05, 3.63) is 0 Å². The average Bonchev–Trinajstić information content (AvgIpc) is 2.28. The van der Waals surface area contributed by atoms with Gasteiger partial charge < -0.3 is 4.90 Å². The van der Waals surface area contributed by atoms with Crippen LogP contribution in [0.2, 0.25) is 0 Å². The predicted octanol–water partition coefficient (Wildman–Crippen LogP) is 2.86. The van der Waals surface area contributed by atoms with Crippen molar-refractivity contribution in [2.45, 2.75) is 32.6 Å². The molecule has 3 heteroatoms. The highest BCUT2D eigenvalue weighted by Crippen LogP contribution is 2.20. The summed E-state index contributed by atoms with van der Waals surface area (Å²) in [6, 6.07) is 0. The van der Waals surface area contributed by atoms with Crippen molar-refractivity contribution in [2.75, 3.05) is 13.1 Å². The first-order valence-corrected chi connectivity index (χ1v) is 5.06. The molecule has 1 aliphatic rings. The minimum absolute atomic E-state index is 0.285. The van der Waals surface area contributed by atoms with Gasteiger partial charge in [0, 0.05) is 13.1 Å². The van der Waals surface area contributed by atoms with Crippen molar-refractivity contribution >= 4 is 17.0 Å². The second-order valence-corrected chi connectivity index (χ2v) is 3.77. The molecular weight excluding hydrogens is 174 g/mol. The van der Waals surface area contributed by atoms with Crippen LogP contribution in [0.4, 0.5) is 4.79 Å². The molecule has 70 valence electrons. The minimum atomic E-state index is -0.285. The Bertz CT molecular complexity index is 161. The second-order valence-electron chi connectivity index (χ2n) is 3.45. The van der Waals surface area contributed by atoms with Gasteiger partial charge in [-0.05, 0) is 36.8 Å². The molecule has 0 bridgehead atoms. The van der Waals surface area contributed by atoms with Gasteiger partial charge in [-0.2, -0.15) is 0 Å². The van der Waals surface area contributed by atoms with E-state index in [9.17, 15) is 4.79 Å². The monoisotopic (exact) mass is 189 g/mol. The van der Waals surface area contributed by atoms with Crippen molar-refractivity contribution in [2.24, 2.45) is 5.92 Å². The van der Waals surface area contributed by atoms with Gasteiger partial charge in [0.05, 0.1) is 0 Å². The molecule has 1 atom stereocenters. The van der Waals surface area contributed by atoms with E-state index in [0.717, 1.165) is 31.8 Å². The lowest BCUT2D eigenvalue weighted by Gasteiger charge is -2.16. The van der Waals surface area contributed by atoms with Crippen LogP contribution in [0.15, 0.2) is 0 Å². The first-order valence-electron chi connectivity index (χ1n) is 4.68. The van der Waals surface area contributed by atoms with Gasteiger partial charge in [0.1, 0.15) is 0 Å². The number of hydrogen-bond acceptors (Lipinski definition) is 1. The molecule has 0 aliphatic carbocycles. The Balaban J connectivity index is 2.39. The zero-order valence-electron chi connectivity index (χ0n) is 7.55. The third kappa shape index (κ3) is 2.67. The maximum absolute atomic E-state index is 10.8. The Labute approximate surface area is 78.9 Å². The summed E-state index contributed by atoms with van der Waals surface area (Å²) in [5, 5.41) is -0.285. The molecule has 1 fully saturated rings. The summed E-state index contributed by atoms with van der Waals surface area (Å²) < 4.78 is 0. The van der Waals surface area contributed by atoms with Gasteiger partial charge in [0.15, 0.2) is 0 Å². The normalized spacial score (nSPS) is 25.2. The summed E-state index contributed by atoms with van der Waals surface area (Å²) >= 11 is 5.41. The largest absolute Gasteiger partial charge is 0.329 e. The molecule has 12 heavy (non-hydrogen) atoms. The summed E-state index contributed by atoms with van der Waals surface area (Å²) in [4.78, 5) is 12.6. The van der Waals surface area contributed by atoms with Crippen LogP contribution in [0.25, 0.3) is 0 Å². The Morgan fingerprint density at radius 1 is 1.50 bits per heavy atom. The molecule has 0 aromatic carbocycles. The maximum Gasteiger partial charge on any atom is 0.316 e. The molecule has 0 aromatic rings. The number of carbonyl (C=O) groups is 1. The summed E-state index contributed by atoms with van der Waals surface area (Å²) in [5.41, 5.74) is 0. The van der Waals surface area contributed by atoms with Crippen LogP contribution in [0.3, 0.4) is 0 Å². The van der Waals surface area contributed by atoms with Crippen molar-refractivity contribution < 1.29 is 4.79 Å². The van der Waals surface area contributed by atoms with Crippen molar-refractivity contribution in [3.8, 4) is 0 Å². The lowest BCUT2D eigenvalue weighted by molar-refractivity contribution is 0.223. The fraction of sp³-hybridized carbons (Fsp3) is 0.889. The SMILES string of the molecule is CCC1CCCN(C(=O)Cl)CC1. The van der Waals surface area contributed by atoms with E-state index in [1.807, 2.05) is 0 Å². The Hall–Kier alpha value is -0.240. The zero-order valence-corrected chi connectivity index (χ0v) is 8.31. The number of hydrogen-bond donors (Lipinski definition) is 0.